The minimum Gasteiger partial charge on any atom is -0.383 e. The molecule has 1 aromatic rings. The summed E-state index contributed by atoms with van der Waals surface area (Å²) in [5.74, 6) is 0. The van der Waals surface area contributed by atoms with Crippen LogP contribution in [-0.2, 0) is 6.42 Å². The second-order valence-corrected chi connectivity index (χ2v) is 5.42. The molecule has 4 heteroatoms. The van der Waals surface area contributed by atoms with E-state index in [0.717, 1.165) is 23.0 Å². The number of allylic oxidation sites excluding steroid dienone is 3. The van der Waals surface area contributed by atoms with Crippen LogP contribution in [0.1, 0.15) is 5.56 Å². The highest BCUT2D eigenvalue weighted by atomic mass is 79.9. The van der Waals surface area contributed by atoms with Crippen molar-refractivity contribution < 1.29 is 0 Å². The van der Waals surface area contributed by atoms with Gasteiger partial charge in [-0.25, -0.2) is 0 Å². The van der Waals surface area contributed by atoms with Gasteiger partial charge in [0, 0.05) is 23.1 Å². The molecule has 0 atom stereocenters. The van der Waals surface area contributed by atoms with Crippen LogP contribution < -0.4 is 5.32 Å². The van der Waals surface area contributed by atoms with Crippen molar-refractivity contribution in [2.24, 2.45) is 0 Å². The smallest absolute Gasteiger partial charge is 0.0595 e. The number of rotatable bonds is 2. The predicted molar refractivity (Wildman–Crippen MR) is 73.3 cm³/mol. The lowest BCUT2D eigenvalue weighted by Gasteiger charge is -2.14. The summed E-state index contributed by atoms with van der Waals surface area (Å²) in [4.78, 5) is 0. The average Bonchev–Trinajstić information content (AvgIpc) is 2.27. The maximum Gasteiger partial charge on any atom is 0.0595 e. The SMILES string of the molecule is Clc1ccc(CC2=CC=C(Br)CN2)cc1Cl. The summed E-state index contributed by atoms with van der Waals surface area (Å²) in [5, 5.41) is 4.52. The molecule has 1 heterocycles. The zero-order valence-corrected chi connectivity index (χ0v) is 11.5. The van der Waals surface area contributed by atoms with Gasteiger partial charge in [0.25, 0.3) is 0 Å². The molecule has 84 valence electrons. The number of halogens is 3. The van der Waals surface area contributed by atoms with E-state index in [2.05, 4.69) is 33.4 Å². The first-order chi connectivity index (χ1) is 7.65. The van der Waals surface area contributed by atoms with Gasteiger partial charge < -0.3 is 5.32 Å². The summed E-state index contributed by atoms with van der Waals surface area (Å²) in [6, 6.07) is 5.72. The molecule has 1 N–H and O–H groups in total. The third-order valence-electron chi connectivity index (χ3n) is 2.33. The molecule has 2 rings (SSSR count). The Morgan fingerprint density at radius 1 is 1.19 bits per heavy atom. The van der Waals surface area contributed by atoms with Gasteiger partial charge >= 0.3 is 0 Å². The highest BCUT2D eigenvalue weighted by molar-refractivity contribution is 9.11. The fourth-order valence-electron chi connectivity index (χ4n) is 1.50. The van der Waals surface area contributed by atoms with Crippen molar-refractivity contribution in [3.8, 4) is 0 Å². The van der Waals surface area contributed by atoms with E-state index in [-0.39, 0.29) is 0 Å². The molecule has 0 fully saturated rings. The van der Waals surface area contributed by atoms with Crippen molar-refractivity contribution in [3.63, 3.8) is 0 Å². The Morgan fingerprint density at radius 3 is 2.62 bits per heavy atom. The first-order valence-electron chi connectivity index (χ1n) is 4.88. The normalized spacial score (nSPS) is 15.2. The summed E-state index contributed by atoms with van der Waals surface area (Å²) in [6.07, 6.45) is 4.97. The molecular formula is C12H10BrCl2N. The molecule has 0 spiro atoms. The van der Waals surface area contributed by atoms with Crippen LogP contribution in [0.2, 0.25) is 10.0 Å². The van der Waals surface area contributed by atoms with E-state index >= 15 is 0 Å². The Morgan fingerprint density at radius 2 is 2.00 bits per heavy atom. The Balaban J connectivity index is 2.12. The third-order valence-corrected chi connectivity index (χ3v) is 3.61. The number of benzene rings is 1. The second-order valence-electron chi connectivity index (χ2n) is 3.58. The zero-order valence-electron chi connectivity index (χ0n) is 8.43. The summed E-state index contributed by atoms with van der Waals surface area (Å²) in [7, 11) is 0. The Bertz CT molecular complexity index is 466. The molecule has 0 amide bonds. The van der Waals surface area contributed by atoms with E-state index in [1.54, 1.807) is 0 Å². The van der Waals surface area contributed by atoms with Gasteiger partial charge in [-0.2, -0.15) is 0 Å². The van der Waals surface area contributed by atoms with Crippen molar-refractivity contribution in [2.75, 3.05) is 6.54 Å². The van der Waals surface area contributed by atoms with Gasteiger partial charge in [0.05, 0.1) is 10.0 Å². The number of hydrogen-bond acceptors (Lipinski definition) is 1. The van der Waals surface area contributed by atoms with Crippen LogP contribution in [-0.4, -0.2) is 6.54 Å². The van der Waals surface area contributed by atoms with Gasteiger partial charge in [-0.15, -0.1) is 0 Å². The summed E-state index contributed by atoms with van der Waals surface area (Å²) >= 11 is 15.3. The van der Waals surface area contributed by atoms with Gasteiger partial charge in [-0.3, -0.25) is 0 Å². The van der Waals surface area contributed by atoms with Crippen LogP contribution in [0.3, 0.4) is 0 Å². The van der Waals surface area contributed by atoms with Crippen LogP contribution in [0.4, 0.5) is 0 Å². The van der Waals surface area contributed by atoms with Gasteiger partial charge in [-0.05, 0) is 29.8 Å². The lowest BCUT2D eigenvalue weighted by atomic mass is 10.1. The Labute approximate surface area is 113 Å². The zero-order chi connectivity index (χ0) is 11.5. The molecule has 1 aromatic carbocycles. The number of nitrogens with one attached hydrogen (secondary N) is 1. The minimum absolute atomic E-state index is 0.596. The molecule has 0 aromatic heterocycles. The van der Waals surface area contributed by atoms with Crippen LogP contribution in [0.15, 0.2) is 40.5 Å². The topological polar surface area (TPSA) is 12.0 Å². The summed E-state index contributed by atoms with van der Waals surface area (Å²) in [5.41, 5.74) is 2.33. The van der Waals surface area contributed by atoms with Gasteiger partial charge in [0.15, 0.2) is 0 Å². The van der Waals surface area contributed by atoms with Crippen LogP contribution in [0, 0.1) is 0 Å². The molecule has 0 saturated heterocycles. The second kappa shape index (κ2) is 5.26. The van der Waals surface area contributed by atoms with E-state index < -0.39 is 0 Å². The lowest BCUT2D eigenvalue weighted by Crippen LogP contribution is -2.19. The van der Waals surface area contributed by atoms with Crippen LogP contribution >= 0.6 is 39.1 Å². The van der Waals surface area contributed by atoms with Gasteiger partial charge in [0.1, 0.15) is 0 Å². The summed E-state index contributed by atoms with van der Waals surface area (Å²) < 4.78 is 1.16. The Hall–Kier alpha value is -0.440. The molecule has 0 aliphatic carbocycles. The first-order valence-corrected chi connectivity index (χ1v) is 6.43. The monoisotopic (exact) mass is 317 g/mol. The molecule has 0 unspecified atom stereocenters. The van der Waals surface area contributed by atoms with E-state index in [9.17, 15) is 0 Å². The predicted octanol–water partition coefficient (Wildman–Crippen LogP) is 4.30. The van der Waals surface area contributed by atoms with Crippen LogP contribution in [0.25, 0.3) is 0 Å². The van der Waals surface area contributed by atoms with Crippen molar-refractivity contribution in [2.45, 2.75) is 6.42 Å². The van der Waals surface area contributed by atoms with Crippen molar-refractivity contribution >= 4 is 39.1 Å². The fourth-order valence-corrected chi connectivity index (χ4v) is 2.09. The molecular weight excluding hydrogens is 309 g/mol. The number of dihydropyridines is 1. The number of hydrogen-bond donors (Lipinski definition) is 1. The maximum atomic E-state index is 5.96. The molecule has 0 radical (unpaired) electrons. The van der Waals surface area contributed by atoms with E-state index in [1.807, 2.05) is 18.2 Å². The quantitative estimate of drug-likeness (QED) is 0.857. The Kier molecular flexibility index (Phi) is 3.95. The van der Waals surface area contributed by atoms with Crippen molar-refractivity contribution in [3.05, 3.63) is 56.1 Å². The molecule has 1 aliphatic heterocycles. The van der Waals surface area contributed by atoms with E-state index in [1.165, 1.54) is 5.70 Å². The molecule has 16 heavy (non-hydrogen) atoms. The first kappa shape index (κ1) is 12.0. The molecule has 0 saturated carbocycles. The standard InChI is InChI=1S/C12H10BrCl2N/c13-9-2-3-10(16-7-9)5-8-1-4-11(14)12(15)6-8/h1-4,6,16H,5,7H2. The molecule has 1 nitrogen and oxygen atoms in total. The third kappa shape index (κ3) is 3.03. The summed E-state index contributed by atoms with van der Waals surface area (Å²) in [6.45, 7) is 0.840. The minimum atomic E-state index is 0.596. The maximum absolute atomic E-state index is 5.96. The average molecular weight is 319 g/mol. The van der Waals surface area contributed by atoms with E-state index in [4.69, 9.17) is 23.2 Å². The largest absolute Gasteiger partial charge is 0.383 e. The fraction of sp³-hybridized carbons (Fsp3) is 0.167. The highest BCUT2D eigenvalue weighted by Gasteiger charge is 2.05. The van der Waals surface area contributed by atoms with Crippen LogP contribution in [0.5, 0.6) is 0 Å². The van der Waals surface area contributed by atoms with Crippen molar-refractivity contribution in [1.82, 2.24) is 5.32 Å². The van der Waals surface area contributed by atoms with Crippen molar-refractivity contribution in [1.29, 1.82) is 0 Å². The molecule has 0 bridgehead atoms. The van der Waals surface area contributed by atoms with Gasteiger partial charge in [0.2, 0.25) is 0 Å². The van der Waals surface area contributed by atoms with E-state index in [0.29, 0.717) is 10.0 Å². The lowest BCUT2D eigenvalue weighted by molar-refractivity contribution is 0.841. The highest BCUT2D eigenvalue weighted by Crippen LogP contribution is 2.24. The van der Waals surface area contributed by atoms with Gasteiger partial charge in [-0.1, -0.05) is 45.2 Å². The molecule has 1 aliphatic rings.